The molecule has 0 saturated carbocycles. The summed E-state index contributed by atoms with van der Waals surface area (Å²) >= 11 is 0. The lowest BCUT2D eigenvalue weighted by atomic mass is 10.1. The lowest BCUT2D eigenvalue weighted by Gasteiger charge is -2.07. The number of nitrogens with one attached hydrogen (secondary N) is 1. The summed E-state index contributed by atoms with van der Waals surface area (Å²) in [6.07, 6.45) is 3.57. The second-order valence-electron chi connectivity index (χ2n) is 9.11. The summed E-state index contributed by atoms with van der Waals surface area (Å²) in [5.74, 6) is 0.942. The Balaban J connectivity index is 1.39. The van der Waals surface area contributed by atoms with Crippen molar-refractivity contribution in [1.29, 1.82) is 5.26 Å². The molecule has 0 bridgehead atoms. The van der Waals surface area contributed by atoms with Gasteiger partial charge in [-0.2, -0.15) is 10.4 Å². The summed E-state index contributed by atoms with van der Waals surface area (Å²) in [5, 5.41) is 15.4. The van der Waals surface area contributed by atoms with Crippen molar-refractivity contribution in [1.82, 2.24) is 19.7 Å². The molecule has 2 heterocycles. The minimum atomic E-state index is -0.298. The molecule has 0 fully saturated rings. The molecule has 6 rings (SSSR count). The fraction of sp³-hybridized carbons (Fsp3) is 0.0303. The molecular weight excluding hydrogens is 498 g/mol. The normalized spacial score (nSPS) is 11.3. The smallest absolute Gasteiger partial charge is 0.259 e. The summed E-state index contributed by atoms with van der Waals surface area (Å²) in [6.45, 7) is 0.472. The Labute approximate surface area is 230 Å². The van der Waals surface area contributed by atoms with Gasteiger partial charge in [-0.05, 0) is 60.2 Å². The van der Waals surface area contributed by atoms with E-state index in [1.54, 1.807) is 29.0 Å². The molecule has 0 aliphatic heterocycles. The van der Waals surface area contributed by atoms with Crippen molar-refractivity contribution in [2.75, 3.05) is 0 Å². The summed E-state index contributed by atoms with van der Waals surface area (Å²) in [6, 6.07) is 36.7. The summed E-state index contributed by atoms with van der Waals surface area (Å²) in [4.78, 5) is 20.0. The summed E-state index contributed by atoms with van der Waals surface area (Å²) in [7, 11) is 0. The van der Waals surface area contributed by atoms with Crippen LogP contribution in [0.4, 0.5) is 0 Å². The Morgan fingerprint density at radius 1 is 0.900 bits per heavy atom. The third-order valence-corrected chi connectivity index (χ3v) is 6.43. The number of benzene rings is 4. The standard InChI is InChI=1S/C33H23N5O2/c34-20-25(32-35-30-14-8-7-13-29(30)33(39)36-32)19-26-21-38(27-11-5-2-6-12-27)37-31(26)24-15-17-28(18-16-24)40-22-23-9-3-1-4-10-23/h1-19,21H,22H2,(H,35,36,39)/b25-19+. The predicted octanol–water partition coefficient (Wildman–Crippen LogP) is 6.42. The van der Waals surface area contributed by atoms with Crippen molar-refractivity contribution in [3.05, 3.63) is 143 Å². The highest BCUT2D eigenvalue weighted by molar-refractivity contribution is 5.91. The number of nitriles is 1. The van der Waals surface area contributed by atoms with Crippen LogP contribution in [0.15, 0.2) is 120 Å². The number of nitrogens with zero attached hydrogens (tertiary/aromatic N) is 4. The molecule has 0 spiro atoms. The van der Waals surface area contributed by atoms with Crippen LogP contribution in [-0.4, -0.2) is 19.7 Å². The minimum absolute atomic E-state index is 0.203. The highest BCUT2D eigenvalue weighted by Crippen LogP contribution is 2.29. The van der Waals surface area contributed by atoms with Gasteiger partial charge in [0.15, 0.2) is 5.82 Å². The Morgan fingerprint density at radius 3 is 2.35 bits per heavy atom. The van der Waals surface area contributed by atoms with E-state index in [0.717, 1.165) is 22.6 Å². The van der Waals surface area contributed by atoms with Crippen LogP contribution in [0.5, 0.6) is 5.75 Å². The molecule has 0 amide bonds. The molecule has 40 heavy (non-hydrogen) atoms. The third kappa shape index (κ3) is 5.15. The van der Waals surface area contributed by atoms with E-state index in [2.05, 4.69) is 16.0 Å². The first-order valence-electron chi connectivity index (χ1n) is 12.7. The van der Waals surface area contributed by atoms with Crippen LogP contribution in [-0.2, 0) is 6.61 Å². The molecular formula is C33H23N5O2. The average Bonchev–Trinajstić information content (AvgIpc) is 3.44. The van der Waals surface area contributed by atoms with Crippen molar-refractivity contribution in [2.45, 2.75) is 6.61 Å². The van der Waals surface area contributed by atoms with Gasteiger partial charge < -0.3 is 9.72 Å². The third-order valence-electron chi connectivity index (χ3n) is 6.43. The van der Waals surface area contributed by atoms with Crippen molar-refractivity contribution < 1.29 is 4.74 Å². The van der Waals surface area contributed by atoms with Gasteiger partial charge in [-0.25, -0.2) is 9.67 Å². The quantitative estimate of drug-likeness (QED) is 0.245. The van der Waals surface area contributed by atoms with Crippen LogP contribution in [0.1, 0.15) is 17.0 Å². The lowest BCUT2D eigenvalue weighted by molar-refractivity contribution is 0.306. The zero-order valence-corrected chi connectivity index (χ0v) is 21.4. The Bertz CT molecular complexity index is 1920. The Kier molecular flexibility index (Phi) is 6.72. The van der Waals surface area contributed by atoms with Crippen LogP contribution in [0.3, 0.4) is 0 Å². The van der Waals surface area contributed by atoms with Crippen LogP contribution in [0.2, 0.25) is 0 Å². The number of para-hydroxylation sites is 2. The molecule has 0 saturated heterocycles. The van der Waals surface area contributed by atoms with E-state index in [0.29, 0.717) is 28.8 Å². The zero-order chi connectivity index (χ0) is 27.3. The lowest BCUT2D eigenvalue weighted by Crippen LogP contribution is -2.11. The average molecular weight is 522 g/mol. The molecule has 0 radical (unpaired) electrons. The molecule has 0 aliphatic carbocycles. The first-order valence-corrected chi connectivity index (χ1v) is 12.7. The first kappa shape index (κ1) is 24.6. The number of aromatic nitrogens is 4. The van der Waals surface area contributed by atoms with Crippen molar-refractivity contribution in [2.24, 2.45) is 0 Å². The number of aromatic amines is 1. The first-order chi connectivity index (χ1) is 19.7. The minimum Gasteiger partial charge on any atom is -0.489 e. The van der Waals surface area contributed by atoms with E-state index in [9.17, 15) is 10.1 Å². The predicted molar refractivity (Wildman–Crippen MR) is 156 cm³/mol. The molecule has 1 N–H and O–H groups in total. The van der Waals surface area contributed by atoms with Crippen LogP contribution in [0, 0.1) is 11.3 Å². The topological polar surface area (TPSA) is 96.6 Å². The molecule has 0 atom stereocenters. The van der Waals surface area contributed by atoms with Gasteiger partial charge in [-0.1, -0.05) is 60.7 Å². The van der Waals surface area contributed by atoms with E-state index in [4.69, 9.17) is 9.84 Å². The van der Waals surface area contributed by atoms with E-state index >= 15 is 0 Å². The van der Waals surface area contributed by atoms with Gasteiger partial charge in [-0.15, -0.1) is 0 Å². The van der Waals surface area contributed by atoms with Gasteiger partial charge >= 0.3 is 0 Å². The molecule has 7 nitrogen and oxygen atoms in total. The van der Waals surface area contributed by atoms with Crippen molar-refractivity contribution in [3.63, 3.8) is 0 Å². The van der Waals surface area contributed by atoms with Gasteiger partial charge in [-0.3, -0.25) is 4.79 Å². The van der Waals surface area contributed by atoms with Crippen LogP contribution >= 0.6 is 0 Å². The van der Waals surface area contributed by atoms with E-state index < -0.39 is 0 Å². The Hall–Kier alpha value is -5.74. The molecule has 2 aromatic heterocycles. The fourth-order valence-electron chi connectivity index (χ4n) is 4.40. The number of H-pyrrole nitrogens is 1. The van der Waals surface area contributed by atoms with Crippen LogP contribution < -0.4 is 10.3 Å². The number of allylic oxidation sites excluding steroid dienone is 1. The number of hydrogen-bond donors (Lipinski definition) is 1. The number of ether oxygens (including phenoxy) is 1. The molecule has 0 aliphatic rings. The van der Waals surface area contributed by atoms with E-state index in [-0.39, 0.29) is 17.0 Å². The van der Waals surface area contributed by atoms with Gasteiger partial charge in [0.1, 0.15) is 18.4 Å². The maximum atomic E-state index is 12.7. The monoisotopic (exact) mass is 521 g/mol. The maximum Gasteiger partial charge on any atom is 0.259 e. The number of rotatable bonds is 7. The van der Waals surface area contributed by atoms with Gasteiger partial charge in [0.05, 0.1) is 27.9 Å². The molecule has 4 aromatic carbocycles. The van der Waals surface area contributed by atoms with Gasteiger partial charge in [0.25, 0.3) is 5.56 Å². The molecule has 0 unspecified atom stereocenters. The molecule has 7 heteroatoms. The summed E-state index contributed by atoms with van der Waals surface area (Å²) < 4.78 is 7.72. The van der Waals surface area contributed by atoms with Crippen LogP contribution in [0.25, 0.3) is 39.5 Å². The highest BCUT2D eigenvalue weighted by Gasteiger charge is 2.15. The number of fused-ring (bicyclic) bond motifs is 1. The second kappa shape index (κ2) is 10.9. The van der Waals surface area contributed by atoms with Crippen molar-refractivity contribution >= 4 is 22.6 Å². The van der Waals surface area contributed by atoms with Gasteiger partial charge in [0.2, 0.25) is 0 Å². The fourth-order valence-corrected chi connectivity index (χ4v) is 4.40. The van der Waals surface area contributed by atoms with Crippen molar-refractivity contribution in [3.8, 4) is 28.8 Å². The second-order valence-corrected chi connectivity index (χ2v) is 9.11. The largest absolute Gasteiger partial charge is 0.489 e. The number of hydrogen-bond acceptors (Lipinski definition) is 5. The van der Waals surface area contributed by atoms with E-state index in [1.165, 1.54) is 0 Å². The molecule has 6 aromatic rings. The SMILES string of the molecule is N#C/C(=C\c1cn(-c2ccccc2)nc1-c1ccc(OCc2ccccc2)cc1)c1nc2ccccc2c(=O)[nH]1. The molecule has 192 valence electrons. The maximum absolute atomic E-state index is 12.7. The highest BCUT2D eigenvalue weighted by atomic mass is 16.5. The van der Waals surface area contributed by atoms with Gasteiger partial charge in [0, 0.05) is 17.3 Å². The zero-order valence-electron chi connectivity index (χ0n) is 21.4. The van der Waals surface area contributed by atoms with E-state index in [1.807, 2.05) is 97.2 Å². The summed E-state index contributed by atoms with van der Waals surface area (Å²) in [5.41, 5.74) is 4.64. The Morgan fingerprint density at radius 2 is 1.60 bits per heavy atom.